The lowest BCUT2D eigenvalue weighted by molar-refractivity contribution is -0.160. The molecule has 1 fully saturated rings. The van der Waals surface area contributed by atoms with Crippen LogP contribution in [0, 0.1) is 36.5 Å². The van der Waals surface area contributed by atoms with E-state index in [9.17, 15) is 34.8 Å². The third-order valence-corrected chi connectivity index (χ3v) is 12.7. The number of nitrogens with zero attached hydrogens (tertiary/aromatic N) is 3. The fourth-order valence-electron chi connectivity index (χ4n) is 8.92. The van der Waals surface area contributed by atoms with E-state index in [1.165, 1.54) is 53.2 Å². The minimum absolute atomic E-state index is 0.0204. The number of fused-ring (bicyclic) bond motifs is 13. The predicted octanol–water partition coefficient (Wildman–Crippen LogP) is 4.75. The zero-order chi connectivity index (χ0) is 50.8. The number of Topliss-reactive ketones (excluding diaryl/α,β-unsaturated/α-hetero) is 1. The zero-order valence-corrected chi connectivity index (χ0v) is 36.0. The van der Waals surface area contributed by atoms with Gasteiger partial charge in [-0.05, 0) is 25.8 Å². The third-order valence-electron chi connectivity index (χ3n) is 12.7. The molecule has 0 unspecified atom stereocenters. The number of aromatic hydroxyl groups is 2. The Morgan fingerprint density at radius 3 is 2.36 bits per heavy atom. The maximum absolute atomic E-state index is 14.8. The molecular weight excluding hydrogens is 785 g/mol. The number of ether oxygens (including phenoxy) is 4. The highest BCUT2D eigenvalue weighted by molar-refractivity contribution is 6.21. The van der Waals surface area contributed by atoms with Crippen molar-refractivity contribution in [2.75, 3.05) is 32.1 Å². The van der Waals surface area contributed by atoms with Crippen LogP contribution in [0.1, 0.15) is 101 Å². The number of allylic oxidation sites excluding steroid dienone is 2. The van der Waals surface area contributed by atoms with Gasteiger partial charge in [-0.1, -0.05) is 59.6 Å². The monoisotopic (exact) mass is 853 g/mol. The first kappa shape index (κ1) is 36.8. The Morgan fingerprint density at radius 1 is 1.03 bits per heavy atom. The van der Waals surface area contributed by atoms with Crippen LogP contribution < -0.4 is 20.8 Å². The van der Waals surface area contributed by atoms with E-state index < -0.39 is 115 Å². The smallest absolute Gasteiger partial charge is 0.312 e. The van der Waals surface area contributed by atoms with Gasteiger partial charge >= 0.3 is 11.8 Å². The van der Waals surface area contributed by atoms with E-state index >= 15 is 0 Å². The number of hydrogen-bond acceptors (Lipinski definition) is 14. The molecule has 7 rings (SSSR count). The van der Waals surface area contributed by atoms with Crippen LogP contribution in [0.3, 0.4) is 0 Å². The summed E-state index contributed by atoms with van der Waals surface area (Å²) < 4.78 is 80.0. The molecule has 0 aliphatic carbocycles. The van der Waals surface area contributed by atoms with Crippen molar-refractivity contribution in [3.63, 3.8) is 0 Å². The first-order valence-electron chi connectivity index (χ1n) is 24.0. The summed E-state index contributed by atoms with van der Waals surface area (Å²) in [5.41, 5.74) is -1.11. The second kappa shape index (κ2) is 17.5. The molecule has 5 bridgehead atoms. The number of aliphatic hydroxyl groups excluding tert-OH is 2. The summed E-state index contributed by atoms with van der Waals surface area (Å²) in [6.07, 6.45) is 3.48. The van der Waals surface area contributed by atoms with Gasteiger partial charge in [0.2, 0.25) is 0 Å². The number of nitrogens with one attached hydrogen (secondary N) is 1. The van der Waals surface area contributed by atoms with Gasteiger partial charge in [0, 0.05) is 103 Å². The predicted molar refractivity (Wildman–Crippen MR) is 228 cm³/mol. The molecule has 0 radical (unpaired) electrons. The number of likely N-dealkylation sites (tertiary alicyclic amines) is 1. The summed E-state index contributed by atoms with van der Waals surface area (Å²) in [5.74, 6) is -10.9. The van der Waals surface area contributed by atoms with Gasteiger partial charge in [0.15, 0.2) is 5.75 Å². The van der Waals surface area contributed by atoms with E-state index in [0.717, 1.165) is 0 Å². The van der Waals surface area contributed by atoms with Crippen LogP contribution in [0.4, 0.5) is 5.69 Å². The lowest BCUT2D eigenvalue weighted by Crippen LogP contribution is -2.47. The number of piperidine rings is 1. The highest BCUT2D eigenvalue weighted by Crippen LogP contribution is 2.51. The van der Waals surface area contributed by atoms with Gasteiger partial charge in [-0.2, -0.15) is 0 Å². The number of carbonyl (C=O) groups excluding carboxylic acids is 3. The molecule has 2 aromatic carbocycles. The van der Waals surface area contributed by atoms with Crippen molar-refractivity contribution in [2.24, 2.45) is 39.6 Å². The summed E-state index contributed by atoms with van der Waals surface area (Å²) in [6, 6.07) is 0. The highest BCUT2D eigenvalue weighted by Gasteiger charge is 2.51. The molecule has 5 aliphatic heterocycles. The maximum atomic E-state index is 14.8. The number of aliphatic hydroxyl groups is 2. The summed E-state index contributed by atoms with van der Waals surface area (Å²) in [6.45, 7) is 5.62. The van der Waals surface area contributed by atoms with Crippen molar-refractivity contribution in [1.29, 1.82) is 0 Å². The van der Waals surface area contributed by atoms with E-state index in [0.29, 0.717) is 0 Å². The molecule has 332 valence electrons. The van der Waals surface area contributed by atoms with E-state index in [-0.39, 0.29) is 75.6 Å². The Balaban J connectivity index is 1.53. The van der Waals surface area contributed by atoms with Crippen molar-refractivity contribution in [2.45, 2.75) is 118 Å². The maximum Gasteiger partial charge on any atom is 0.312 e. The molecule has 15 nitrogen and oxygen atoms in total. The molecule has 61 heavy (non-hydrogen) atoms. The van der Waals surface area contributed by atoms with Gasteiger partial charge in [-0.25, -0.2) is 4.99 Å². The lowest BCUT2D eigenvalue weighted by Gasteiger charge is -2.38. The van der Waals surface area contributed by atoms with Gasteiger partial charge in [-0.15, -0.1) is 0 Å². The molecule has 1 amide bonds. The topological polar surface area (TPSA) is 209 Å². The minimum Gasteiger partial charge on any atom is -0.507 e. The van der Waals surface area contributed by atoms with E-state index in [1.54, 1.807) is 44.7 Å². The Kier molecular flexibility index (Phi) is 10.6. The number of rotatable bonds is 4. The molecular formula is C46H62N4O11. The molecule has 15 heteroatoms. The van der Waals surface area contributed by atoms with Crippen LogP contribution in [0.15, 0.2) is 46.1 Å². The lowest BCUT2D eigenvalue weighted by atomic mass is 9.78. The number of anilines is 1. The van der Waals surface area contributed by atoms with E-state index in [2.05, 4.69) is 10.3 Å². The van der Waals surface area contributed by atoms with Crippen LogP contribution in [0.25, 0.3) is 10.8 Å². The Morgan fingerprint density at radius 2 is 1.72 bits per heavy atom. The molecule has 5 heterocycles. The number of carbonyl (C=O) groups is 3. The molecule has 5 aliphatic rings. The third kappa shape index (κ3) is 8.54. The van der Waals surface area contributed by atoms with Gasteiger partial charge < -0.3 is 49.6 Å². The summed E-state index contributed by atoms with van der Waals surface area (Å²) in [4.78, 5) is 52.0. The Hall–Kier alpha value is -4.83. The van der Waals surface area contributed by atoms with Crippen LogP contribution in [0.2, 0.25) is 0 Å². The number of hydrogen-bond donors (Lipinski definition) is 5. The van der Waals surface area contributed by atoms with Crippen molar-refractivity contribution in [3.05, 3.63) is 58.0 Å². The number of esters is 1. The fraction of sp³-hybridized carbons (Fsp3) is 0.587. The average molecular weight is 854 g/mol. The summed E-state index contributed by atoms with van der Waals surface area (Å²) >= 11 is 0. The highest BCUT2D eigenvalue weighted by atomic mass is 16.7. The van der Waals surface area contributed by atoms with Crippen molar-refractivity contribution < 1.29 is 63.4 Å². The Bertz CT molecular complexity index is 2560. The van der Waals surface area contributed by atoms with Gasteiger partial charge in [0.25, 0.3) is 11.7 Å². The van der Waals surface area contributed by atoms with Gasteiger partial charge in [-0.3, -0.25) is 19.4 Å². The van der Waals surface area contributed by atoms with Crippen LogP contribution in [-0.4, -0.2) is 106 Å². The van der Waals surface area contributed by atoms with Crippen molar-refractivity contribution in [3.8, 4) is 17.2 Å². The largest absolute Gasteiger partial charge is 0.507 e. The summed E-state index contributed by atoms with van der Waals surface area (Å²) in [5, 5.41) is 49.7. The quantitative estimate of drug-likeness (QED) is 0.208. The zero-order valence-electron chi connectivity index (χ0n) is 43.0. The number of phenols is 2. The van der Waals surface area contributed by atoms with E-state index in [1.807, 2.05) is 0 Å². The average Bonchev–Trinajstić information content (AvgIpc) is 3.76. The van der Waals surface area contributed by atoms with Crippen LogP contribution in [-0.2, 0) is 23.8 Å². The van der Waals surface area contributed by atoms with Crippen molar-refractivity contribution in [1.82, 2.24) is 4.90 Å². The second-order valence-corrected chi connectivity index (χ2v) is 17.0. The molecule has 2 aromatic rings. The number of methoxy groups -OCH3 is 1. The van der Waals surface area contributed by atoms with Crippen LogP contribution >= 0.6 is 0 Å². The standard InChI is InChI=1S/C46H62N4O11/c1-22(2)21-50-18-16-46(17-19-50)48-34-31-32-39(54)28(8)42-33(31)43(56)45(10,61-42)59-20-15-30(58-11)25(5)41(60-29(9)51)27(7)38(53)26(6)37(52)23(3)13-12-14-24(4)44(57)47-36(40(32)55)35(34)49-46/h12-15,20,22-23,25-27,30,37-38,41,48,52-55H,16-19,21H2,1-11H3/b13-12-,20-15-,24-14-,47-36?/t23-,25+,26+,27+,30-,37-,38+,41+,45-/m0/s1/i1D3,2D3,22D. The normalized spacial score (nSPS) is 34.9. The minimum atomic E-state index is -3.14. The molecule has 5 N–H and O–H groups in total. The number of ketones is 1. The van der Waals surface area contributed by atoms with Crippen molar-refractivity contribution >= 4 is 34.1 Å². The first-order valence-corrected chi connectivity index (χ1v) is 20.5. The SMILES string of the molecule is [2H]C([2H])([2H])C([2H])(CN1CCC2(CC1)N=c1c(c3c4c5c(C)c(O)c3c(O)c1=NC(=O)/C(C)=C\C=C/[C@H](C)[C@H](O)[C@@H](C)[C@@H](O)[C@@H](C)[C@H](OC(C)=O)[C@H](C)[C@@H](OC)/C=C\O[C@@](C)(O5)C4=O)N2)C([2H])([2H])[2H]. The first-order chi connectivity index (χ1) is 31.4. The Labute approximate surface area is 366 Å². The summed E-state index contributed by atoms with van der Waals surface area (Å²) in [7, 11) is 1.42. The van der Waals surface area contributed by atoms with Crippen LogP contribution in [0.5, 0.6) is 17.2 Å². The second-order valence-electron chi connectivity index (χ2n) is 17.0. The fourth-order valence-corrected chi connectivity index (χ4v) is 8.92. The van der Waals surface area contributed by atoms with Gasteiger partial charge in [0.1, 0.15) is 34.0 Å². The van der Waals surface area contributed by atoms with E-state index in [4.69, 9.17) is 33.5 Å². The number of amides is 1. The molecule has 1 saturated heterocycles. The number of benzene rings is 2. The molecule has 1 spiro atoms. The molecule has 0 aromatic heterocycles. The van der Waals surface area contributed by atoms with Gasteiger partial charge in [0.05, 0.1) is 41.2 Å². The molecule has 9 atom stereocenters. The number of phenolic OH excluding ortho intramolecular Hbond substituents is 2. The molecule has 0 saturated carbocycles.